The summed E-state index contributed by atoms with van der Waals surface area (Å²) in [4.78, 5) is 18.4. The van der Waals surface area contributed by atoms with E-state index >= 15 is 0 Å². The zero-order valence-electron chi connectivity index (χ0n) is 13.4. The van der Waals surface area contributed by atoms with Crippen molar-refractivity contribution in [1.29, 1.82) is 0 Å². The quantitative estimate of drug-likeness (QED) is 0.623. The van der Waals surface area contributed by atoms with Crippen LogP contribution in [0.2, 0.25) is 0 Å². The number of carbonyl (C=O) groups excluding carboxylic acids is 1. The Balaban J connectivity index is 1.31. The lowest BCUT2D eigenvalue weighted by Gasteiger charge is -2.36. The van der Waals surface area contributed by atoms with Crippen molar-refractivity contribution in [2.75, 3.05) is 18.8 Å². The first-order valence-electron chi connectivity index (χ1n) is 7.72. The monoisotopic (exact) mass is 357 g/mol. The molecule has 0 unspecified atom stereocenters. The smallest absolute Gasteiger partial charge is 0.233 e. The van der Waals surface area contributed by atoms with Gasteiger partial charge in [0, 0.05) is 25.7 Å². The number of hydrogen-bond donors (Lipinski definition) is 0. The number of benzene rings is 1. The van der Waals surface area contributed by atoms with E-state index in [4.69, 9.17) is 4.52 Å². The summed E-state index contributed by atoms with van der Waals surface area (Å²) in [7, 11) is 1.74. The van der Waals surface area contributed by atoms with Crippen molar-refractivity contribution in [3.63, 3.8) is 0 Å². The van der Waals surface area contributed by atoms with Crippen LogP contribution in [0, 0.1) is 0 Å². The van der Waals surface area contributed by atoms with Gasteiger partial charge in [0.2, 0.25) is 22.8 Å². The lowest BCUT2D eigenvalue weighted by Crippen LogP contribution is -2.49. The normalized spacial score (nSPS) is 14.5. The molecule has 0 saturated carbocycles. The summed E-state index contributed by atoms with van der Waals surface area (Å²) in [6, 6.07) is 9.67. The molecule has 3 aromatic rings. The van der Waals surface area contributed by atoms with Crippen molar-refractivity contribution in [2.24, 2.45) is 7.05 Å². The van der Waals surface area contributed by atoms with Crippen molar-refractivity contribution in [3.05, 3.63) is 36.2 Å². The van der Waals surface area contributed by atoms with Gasteiger partial charge in [-0.2, -0.15) is 4.98 Å². The fourth-order valence-electron chi connectivity index (χ4n) is 2.51. The van der Waals surface area contributed by atoms with Gasteiger partial charge in [-0.1, -0.05) is 47.3 Å². The predicted octanol–water partition coefficient (Wildman–Crippen LogP) is 0.978. The maximum absolute atomic E-state index is 12.2. The summed E-state index contributed by atoms with van der Waals surface area (Å²) >= 11 is 1.32. The van der Waals surface area contributed by atoms with Gasteiger partial charge in [0.15, 0.2) is 0 Å². The van der Waals surface area contributed by atoms with Crippen LogP contribution in [-0.4, -0.2) is 60.0 Å². The van der Waals surface area contributed by atoms with Gasteiger partial charge in [-0.05, 0) is 10.4 Å². The van der Waals surface area contributed by atoms with Crippen LogP contribution >= 0.6 is 11.8 Å². The lowest BCUT2D eigenvalue weighted by molar-refractivity contribution is -0.133. The Labute approximate surface area is 147 Å². The molecular weight excluding hydrogens is 342 g/mol. The summed E-state index contributed by atoms with van der Waals surface area (Å²) in [6.07, 6.45) is 0. The third-order valence-corrected chi connectivity index (χ3v) is 4.96. The van der Waals surface area contributed by atoms with Gasteiger partial charge in [-0.15, -0.1) is 5.10 Å². The summed E-state index contributed by atoms with van der Waals surface area (Å²) in [6.45, 7) is 1.18. The van der Waals surface area contributed by atoms with Crippen LogP contribution in [0.1, 0.15) is 11.8 Å². The number of carbonyl (C=O) groups is 1. The maximum atomic E-state index is 12.2. The zero-order chi connectivity index (χ0) is 17.2. The molecule has 1 aliphatic heterocycles. The van der Waals surface area contributed by atoms with E-state index in [1.54, 1.807) is 16.6 Å². The SMILES string of the molecule is Cn1nnnc1SCC(=O)N1CC(c2nc(-c3ccccc3)no2)C1. The van der Waals surface area contributed by atoms with Gasteiger partial charge < -0.3 is 9.42 Å². The Kier molecular flexibility index (Phi) is 4.18. The van der Waals surface area contributed by atoms with Crippen LogP contribution < -0.4 is 0 Å². The molecule has 1 amide bonds. The number of tetrazole rings is 1. The standard InChI is InChI=1S/C15H15N7O2S/c1-21-15(17-19-20-21)25-9-12(23)22-7-11(8-22)14-16-13(18-24-14)10-5-3-2-4-6-10/h2-6,11H,7-9H2,1H3. The molecular formula is C15H15N7O2S. The third kappa shape index (κ3) is 3.25. The first-order chi connectivity index (χ1) is 12.2. The van der Waals surface area contributed by atoms with E-state index in [9.17, 15) is 4.79 Å². The minimum Gasteiger partial charge on any atom is -0.340 e. The number of hydrogen-bond acceptors (Lipinski definition) is 8. The fraction of sp³-hybridized carbons (Fsp3) is 0.333. The Morgan fingerprint density at radius 3 is 2.84 bits per heavy atom. The molecule has 10 heteroatoms. The second-order valence-electron chi connectivity index (χ2n) is 5.69. The Bertz CT molecular complexity index is 873. The Morgan fingerprint density at radius 1 is 1.32 bits per heavy atom. The Hall–Kier alpha value is -2.75. The van der Waals surface area contributed by atoms with Gasteiger partial charge in [-0.25, -0.2) is 4.68 Å². The van der Waals surface area contributed by atoms with E-state index < -0.39 is 0 Å². The topological polar surface area (TPSA) is 103 Å². The number of amides is 1. The van der Waals surface area contributed by atoms with E-state index in [1.807, 2.05) is 30.3 Å². The third-order valence-electron chi connectivity index (χ3n) is 3.96. The van der Waals surface area contributed by atoms with Gasteiger partial charge in [0.1, 0.15) is 0 Å². The van der Waals surface area contributed by atoms with Crippen LogP contribution in [0.3, 0.4) is 0 Å². The minimum absolute atomic E-state index is 0.0482. The molecule has 1 aliphatic rings. The molecule has 1 aromatic carbocycles. The zero-order valence-corrected chi connectivity index (χ0v) is 14.3. The van der Waals surface area contributed by atoms with Crippen LogP contribution in [0.15, 0.2) is 40.0 Å². The average molecular weight is 357 g/mol. The first kappa shape index (κ1) is 15.8. The molecule has 9 nitrogen and oxygen atoms in total. The molecule has 2 aromatic heterocycles. The molecule has 0 radical (unpaired) electrons. The van der Waals surface area contributed by atoms with E-state index in [1.165, 1.54) is 11.8 Å². The summed E-state index contributed by atoms with van der Waals surface area (Å²) in [5, 5.41) is 15.8. The summed E-state index contributed by atoms with van der Waals surface area (Å²) in [5.74, 6) is 1.60. The number of likely N-dealkylation sites (tertiary alicyclic amines) is 1. The van der Waals surface area contributed by atoms with Gasteiger partial charge in [0.25, 0.3) is 0 Å². The van der Waals surface area contributed by atoms with Crippen molar-refractivity contribution >= 4 is 17.7 Å². The van der Waals surface area contributed by atoms with Crippen molar-refractivity contribution in [1.82, 2.24) is 35.2 Å². The second kappa shape index (κ2) is 6.63. The lowest BCUT2D eigenvalue weighted by atomic mass is 10.0. The van der Waals surface area contributed by atoms with Gasteiger partial charge >= 0.3 is 0 Å². The van der Waals surface area contributed by atoms with Crippen molar-refractivity contribution in [3.8, 4) is 11.4 Å². The molecule has 4 rings (SSSR count). The highest BCUT2D eigenvalue weighted by atomic mass is 32.2. The maximum Gasteiger partial charge on any atom is 0.233 e. The van der Waals surface area contributed by atoms with Gasteiger partial charge in [0.05, 0.1) is 11.7 Å². The molecule has 3 heterocycles. The summed E-state index contributed by atoms with van der Waals surface area (Å²) < 4.78 is 6.89. The molecule has 25 heavy (non-hydrogen) atoms. The molecule has 0 N–H and O–H groups in total. The van der Waals surface area contributed by atoms with E-state index in [-0.39, 0.29) is 11.8 Å². The number of thioether (sulfide) groups is 1. The van der Waals surface area contributed by atoms with E-state index in [2.05, 4.69) is 25.7 Å². The molecule has 1 fully saturated rings. The highest BCUT2D eigenvalue weighted by Gasteiger charge is 2.35. The largest absolute Gasteiger partial charge is 0.340 e. The van der Waals surface area contributed by atoms with Gasteiger partial charge in [-0.3, -0.25) is 4.79 Å². The van der Waals surface area contributed by atoms with Crippen LogP contribution in [0.4, 0.5) is 0 Å². The first-order valence-corrected chi connectivity index (χ1v) is 8.71. The molecule has 0 bridgehead atoms. The number of aryl methyl sites for hydroxylation is 1. The Morgan fingerprint density at radius 2 is 2.12 bits per heavy atom. The van der Waals surface area contributed by atoms with Crippen LogP contribution in [-0.2, 0) is 11.8 Å². The molecule has 0 atom stereocenters. The van der Waals surface area contributed by atoms with Crippen molar-refractivity contribution in [2.45, 2.75) is 11.1 Å². The molecule has 1 saturated heterocycles. The van der Waals surface area contributed by atoms with Crippen LogP contribution in [0.5, 0.6) is 0 Å². The minimum atomic E-state index is 0.0482. The second-order valence-corrected chi connectivity index (χ2v) is 6.63. The molecule has 0 spiro atoms. The van der Waals surface area contributed by atoms with E-state index in [0.29, 0.717) is 35.7 Å². The average Bonchev–Trinajstić information content (AvgIpc) is 3.22. The summed E-state index contributed by atoms with van der Waals surface area (Å²) in [5.41, 5.74) is 0.915. The number of nitrogens with zero attached hydrogens (tertiary/aromatic N) is 7. The van der Waals surface area contributed by atoms with E-state index in [0.717, 1.165) is 5.56 Å². The van der Waals surface area contributed by atoms with Crippen molar-refractivity contribution < 1.29 is 9.32 Å². The molecule has 128 valence electrons. The van der Waals surface area contributed by atoms with Crippen LogP contribution in [0.25, 0.3) is 11.4 Å². The number of aromatic nitrogens is 6. The number of rotatable bonds is 5. The predicted molar refractivity (Wildman–Crippen MR) is 88.6 cm³/mol. The molecule has 0 aliphatic carbocycles. The highest BCUT2D eigenvalue weighted by molar-refractivity contribution is 7.99. The highest BCUT2D eigenvalue weighted by Crippen LogP contribution is 2.28. The fourth-order valence-corrected chi connectivity index (χ4v) is 3.26.